The summed E-state index contributed by atoms with van der Waals surface area (Å²) in [4.78, 5) is 16.7. The van der Waals surface area contributed by atoms with Crippen LogP contribution in [0.2, 0.25) is 0 Å². The van der Waals surface area contributed by atoms with Gasteiger partial charge in [0.25, 0.3) is 0 Å². The van der Waals surface area contributed by atoms with Crippen LogP contribution in [0.4, 0.5) is 0 Å². The van der Waals surface area contributed by atoms with Gasteiger partial charge in [0, 0.05) is 51.2 Å². The van der Waals surface area contributed by atoms with E-state index in [2.05, 4.69) is 23.9 Å². The lowest BCUT2D eigenvalue weighted by Crippen LogP contribution is -2.35. The first kappa shape index (κ1) is 22.4. The van der Waals surface area contributed by atoms with E-state index in [1.807, 2.05) is 12.4 Å². The van der Waals surface area contributed by atoms with Crippen LogP contribution in [0.25, 0.3) is 10.9 Å². The fraction of sp³-hybridized carbons (Fsp3) is 0.708. The SMILES string of the molecule is COC[C@H](C)Cc1ncc2c(OC3CCN(C)CC3)ncc(C3CCC(O)CC3)c2n1. The molecule has 4 rings (SSSR count). The van der Waals surface area contributed by atoms with Crippen molar-refractivity contribution in [1.82, 2.24) is 19.9 Å². The van der Waals surface area contributed by atoms with Crippen LogP contribution in [0, 0.1) is 5.92 Å². The van der Waals surface area contributed by atoms with Crippen LogP contribution in [-0.2, 0) is 11.2 Å². The molecule has 2 aliphatic rings. The molecule has 0 aromatic carbocycles. The third-order valence-corrected chi connectivity index (χ3v) is 6.73. The molecular weight excluding hydrogens is 392 g/mol. The number of piperidine rings is 1. The number of aromatic nitrogens is 3. The molecule has 0 bridgehead atoms. The number of nitrogens with zero attached hydrogens (tertiary/aromatic N) is 4. The normalized spacial score (nSPS) is 24.4. The van der Waals surface area contributed by atoms with Gasteiger partial charge < -0.3 is 19.5 Å². The molecule has 0 radical (unpaired) electrons. The highest BCUT2D eigenvalue weighted by Crippen LogP contribution is 2.37. The summed E-state index contributed by atoms with van der Waals surface area (Å²) >= 11 is 0. The Labute approximate surface area is 185 Å². The highest BCUT2D eigenvalue weighted by atomic mass is 16.5. The number of ether oxygens (including phenoxy) is 2. The van der Waals surface area contributed by atoms with E-state index in [9.17, 15) is 5.11 Å². The van der Waals surface area contributed by atoms with Gasteiger partial charge in [0.05, 0.1) is 17.0 Å². The Kier molecular flexibility index (Phi) is 7.35. The Bertz CT molecular complexity index is 861. The molecule has 2 fully saturated rings. The smallest absolute Gasteiger partial charge is 0.224 e. The van der Waals surface area contributed by atoms with Gasteiger partial charge in [-0.15, -0.1) is 0 Å². The first-order valence-corrected chi connectivity index (χ1v) is 11.7. The van der Waals surface area contributed by atoms with Gasteiger partial charge in [0.1, 0.15) is 11.9 Å². The van der Waals surface area contributed by atoms with Gasteiger partial charge in [-0.05, 0) is 57.4 Å². The van der Waals surface area contributed by atoms with E-state index in [-0.39, 0.29) is 12.2 Å². The van der Waals surface area contributed by atoms with E-state index in [0.29, 0.717) is 24.3 Å². The fourth-order valence-corrected chi connectivity index (χ4v) is 4.85. The van der Waals surface area contributed by atoms with Gasteiger partial charge in [0.2, 0.25) is 5.88 Å². The largest absolute Gasteiger partial charge is 0.474 e. The number of methoxy groups -OCH3 is 1. The van der Waals surface area contributed by atoms with Crippen molar-refractivity contribution in [2.45, 2.75) is 70.0 Å². The Morgan fingerprint density at radius 2 is 1.84 bits per heavy atom. The Hall–Kier alpha value is -1.83. The molecular formula is C24H36N4O3. The van der Waals surface area contributed by atoms with Crippen molar-refractivity contribution in [1.29, 1.82) is 0 Å². The molecule has 0 unspecified atom stereocenters. The van der Waals surface area contributed by atoms with Crippen molar-refractivity contribution in [3.8, 4) is 5.88 Å². The molecule has 31 heavy (non-hydrogen) atoms. The number of rotatable bonds is 7. The minimum atomic E-state index is -0.178. The fourth-order valence-electron chi connectivity index (χ4n) is 4.85. The lowest BCUT2D eigenvalue weighted by atomic mass is 9.82. The zero-order valence-corrected chi connectivity index (χ0v) is 19.1. The molecule has 1 N–H and O–H groups in total. The van der Waals surface area contributed by atoms with Crippen LogP contribution in [-0.4, -0.2) is 71.0 Å². The monoisotopic (exact) mass is 428 g/mol. The summed E-state index contributed by atoms with van der Waals surface area (Å²) in [6, 6.07) is 0. The van der Waals surface area contributed by atoms with Crippen LogP contribution in [0.3, 0.4) is 0 Å². The number of fused-ring (bicyclic) bond motifs is 1. The Balaban J connectivity index is 1.65. The summed E-state index contributed by atoms with van der Waals surface area (Å²) < 4.78 is 11.6. The predicted molar refractivity (Wildman–Crippen MR) is 120 cm³/mol. The predicted octanol–water partition coefficient (Wildman–Crippen LogP) is 3.34. The first-order chi connectivity index (χ1) is 15.0. The molecule has 1 aliphatic carbocycles. The lowest BCUT2D eigenvalue weighted by molar-refractivity contribution is 0.111. The highest BCUT2D eigenvalue weighted by molar-refractivity contribution is 5.85. The van der Waals surface area contributed by atoms with Crippen molar-refractivity contribution < 1.29 is 14.6 Å². The second-order valence-electron chi connectivity index (χ2n) is 9.46. The van der Waals surface area contributed by atoms with Crippen molar-refractivity contribution in [2.75, 3.05) is 33.9 Å². The van der Waals surface area contributed by atoms with Crippen molar-refractivity contribution in [3.05, 3.63) is 23.8 Å². The van der Waals surface area contributed by atoms with Crippen LogP contribution >= 0.6 is 0 Å². The van der Waals surface area contributed by atoms with E-state index in [1.165, 1.54) is 5.56 Å². The first-order valence-electron chi connectivity index (χ1n) is 11.7. The van der Waals surface area contributed by atoms with E-state index in [1.54, 1.807) is 7.11 Å². The van der Waals surface area contributed by atoms with Gasteiger partial charge in [-0.25, -0.2) is 15.0 Å². The van der Waals surface area contributed by atoms with Crippen LogP contribution < -0.4 is 4.74 Å². The average molecular weight is 429 g/mol. The number of hydrogen-bond donors (Lipinski definition) is 1. The zero-order chi connectivity index (χ0) is 21.8. The standard InChI is InChI=1S/C24H36N4O3/c1-16(15-30-3)12-22-25-14-21-23(27-22)20(17-4-6-18(29)7-5-17)13-26-24(21)31-19-8-10-28(2)11-9-19/h13-14,16-19,29H,4-12,15H2,1-3H3/t16-,17?,18?/m1/s1. The second kappa shape index (κ2) is 10.2. The summed E-state index contributed by atoms with van der Waals surface area (Å²) in [7, 11) is 3.88. The molecule has 1 atom stereocenters. The van der Waals surface area contributed by atoms with E-state index < -0.39 is 0 Å². The molecule has 1 saturated carbocycles. The third-order valence-electron chi connectivity index (χ3n) is 6.73. The maximum Gasteiger partial charge on any atom is 0.224 e. The summed E-state index contributed by atoms with van der Waals surface area (Å²) in [6.07, 6.45) is 10.3. The minimum Gasteiger partial charge on any atom is -0.474 e. The van der Waals surface area contributed by atoms with Crippen molar-refractivity contribution in [3.63, 3.8) is 0 Å². The molecule has 1 saturated heterocycles. The molecule has 2 aromatic heterocycles. The summed E-state index contributed by atoms with van der Waals surface area (Å²) in [5.74, 6) is 2.22. The van der Waals surface area contributed by atoms with Gasteiger partial charge in [0.15, 0.2) is 0 Å². The molecule has 1 aliphatic heterocycles. The van der Waals surface area contributed by atoms with Gasteiger partial charge in [-0.3, -0.25) is 0 Å². The molecule has 0 spiro atoms. The van der Waals surface area contributed by atoms with Crippen LogP contribution in [0.5, 0.6) is 5.88 Å². The topological polar surface area (TPSA) is 80.6 Å². The molecule has 7 heteroatoms. The average Bonchev–Trinajstić information content (AvgIpc) is 2.76. The Morgan fingerprint density at radius 1 is 1.10 bits per heavy atom. The number of aliphatic hydroxyl groups is 1. The van der Waals surface area contributed by atoms with Crippen LogP contribution in [0.1, 0.15) is 62.8 Å². The minimum absolute atomic E-state index is 0.178. The lowest BCUT2D eigenvalue weighted by Gasteiger charge is -2.30. The van der Waals surface area contributed by atoms with Crippen LogP contribution in [0.15, 0.2) is 12.4 Å². The van der Waals surface area contributed by atoms with Gasteiger partial charge >= 0.3 is 0 Å². The summed E-state index contributed by atoms with van der Waals surface area (Å²) in [5, 5.41) is 10.9. The highest BCUT2D eigenvalue weighted by Gasteiger charge is 2.26. The Morgan fingerprint density at radius 3 is 2.55 bits per heavy atom. The number of hydrogen-bond acceptors (Lipinski definition) is 7. The quantitative estimate of drug-likeness (QED) is 0.724. The third kappa shape index (κ3) is 5.51. The molecule has 2 aromatic rings. The number of aliphatic hydroxyl groups excluding tert-OH is 1. The van der Waals surface area contributed by atoms with Crippen molar-refractivity contribution in [2.24, 2.45) is 5.92 Å². The molecule has 3 heterocycles. The summed E-state index contributed by atoms with van der Waals surface area (Å²) in [6.45, 7) is 4.93. The van der Waals surface area contributed by atoms with Gasteiger partial charge in [-0.2, -0.15) is 0 Å². The molecule has 7 nitrogen and oxygen atoms in total. The maximum atomic E-state index is 9.95. The maximum absolute atomic E-state index is 9.95. The van der Waals surface area contributed by atoms with E-state index in [4.69, 9.17) is 19.4 Å². The van der Waals surface area contributed by atoms with Gasteiger partial charge in [-0.1, -0.05) is 6.92 Å². The van der Waals surface area contributed by atoms with Crippen molar-refractivity contribution >= 4 is 10.9 Å². The number of pyridine rings is 1. The molecule has 170 valence electrons. The summed E-state index contributed by atoms with van der Waals surface area (Å²) in [5.41, 5.74) is 2.13. The second-order valence-corrected chi connectivity index (χ2v) is 9.46. The number of likely N-dealkylation sites (tertiary alicyclic amines) is 1. The zero-order valence-electron chi connectivity index (χ0n) is 19.1. The van der Waals surface area contributed by atoms with E-state index >= 15 is 0 Å². The van der Waals surface area contributed by atoms with E-state index in [0.717, 1.165) is 74.8 Å². The molecule has 0 amide bonds.